The highest BCUT2D eigenvalue weighted by atomic mass is 35.5. The van der Waals surface area contributed by atoms with Gasteiger partial charge in [-0.05, 0) is 50.2 Å². The molecule has 0 bridgehead atoms. The average molecular weight is 318 g/mol. The van der Waals surface area contributed by atoms with Gasteiger partial charge in [-0.1, -0.05) is 61.7 Å². The molecule has 1 nitrogen and oxygen atoms in total. The molecular formula is C20H28ClN. The third-order valence-corrected chi connectivity index (χ3v) is 5.64. The van der Waals surface area contributed by atoms with Crippen LogP contribution in [0.4, 0.5) is 0 Å². The minimum atomic E-state index is 0. The van der Waals surface area contributed by atoms with Crippen molar-refractivity contribution in [2.24, 2.45) is 0 Å². The number of benzene rings is 2. The van der Waals surface area contributed by atoms with Crippen LogP contribution in [0.1, 0.15) is 44.6 Å². The zero-order valence-corrected chi connectivity index (χ0v) is 14.8. The summed E-state index contributed by atoms with van der Waals surface area (Å²) in [5.74, 6) is 0. The topological polar surface area (TPSA) is 3.24 Å². The summed E-state index contributed by atoms with van der Waals surface area (Å²) in [7, 11) is 4.45. The molecule has 0 amide bonds. The maximum atomic E-state index is 2.45. The second kappa shape index (κ2) is 7.02. The highest BCUT2D eigenvalue weighted by Gasteiger charge is 2.39. The summed E-state index contributed by atoms with van der Waals surface area (Å²) in [4.78, 5) is 2.40. The first-order valence-electron chi connectivity index (χ1n) is 8.29. The molecule has 1 aliphatic carbocycles. The van der Waals surface area contributed by atoms with Crippen LogP contribution >= 0.6 is 12.4 Å². The lowest BCUT2D eigenvalue weighted by molar-refractivity contribution is 0.143. The molecule has 1 fully saturated rings. The minimum Gasteiger partial charge on any atom is -0.306 e. The van der Waals surface area contributed by atoms with Crippen LogP contribution in [0.15, 0.2) is 42.5 Å². The van der Waals surface area contributed by atoms with Gasteiger partial charge in [-0.15, -0.1) is 12.4 Å². The summed E-state index contributed by atoms with van der Waals surface area (Å²) < 4.78 is 0. The van der Waals surface area contributed by atoms with Gasteiger partial charge in [-0.2, -0.15) is 0 Å². The van der Waals surface area contributed by atoms with E-state index >= 15 is 0 Å². The smallest absolute Gasteiger partial charge is 0.0158 e. The van der Waals surface area contributed by atoms with E-state index in [1.165, 1.54) is 42.9 Å². The molecule has 0 aliphatic heterocycles. The minimum absolute atomic E-state index is 0. The fourth-order valence-corrected chi connectivity index (χ4v) is 4.12. The molecule has 1 saturated carbocycles. The normalized spacial score (nSPS) is 18.9. The van der Waals surface area contributed by atoms with Crippen molar-refractivity contribution in [2.45, 2.75) is 50.5 Å². The van der Waals surface area contributed by atoms with Gasteiger partial charge in [0.2, 0.25) is 0 Å². The standard InChI is InChI=1S/C20H27N.ClH/c1-16(21(2)3)20(13-7-4-8-14-20)19-12-11-17-9-5-6-10-18(17)15-19;/h5-6,9-12,15-16H,4,7-8,13-14H2,1-3H3;1H/t16-;/m0./s1. The molecule has 0 aromatic heterocycles. The second-order valence-electron chi connectivity index (χ2n) is 6.92. The van der Waals surface area contributed by atoms with Crippen LogP contribution in [0.5, 0.6) is 0 Å². The molecule has 2 aromatic rings. The molecule has 0 radical (unpaired) electrons. The molecule has 0 N–H and O–H groups in total. The molecule has 1 aliphatic rings. The van der Waals surface area contributed by atoms with E-state index in [2.05, 4.69) is 68.4 Å². The number of rotatable bonds is 3. The second-order valence-corrected chi connectivity index (χ2v) is 6.92. The summed E-state index contributed by atoms with van der Waals surface area (Å²) in [5.41, 5.74) is 1.87. The number of hydrogen-bond donors (Lipinski definition) is 0. The maximum Gasteiger partial charge on any atom is 0.0158 e. The van der Waals surface area contributed by atoms with Gasteiger partial charge in [0, 0.05) is 11.5 Å². The highest BCUT2D eigenvalue weighted by Crippen LogP contribution is 2.44. The SMILES string of the molecule is C[C@H](N(C)C)C1(c2ccc3ccccc3c2)CCCCC1.Cl. The number of nitrogens with zero attached hydrogens (tertiary/aromatic N) is 1. The summed E-state index contributed by atoms with van der Waals surface area (Å²) in [6, 6.07) is 16.4. The van der Waals surface area contributed by atoms with E-state index in [4.69, 9.17) is 0 Å². The number of likely N-dealkylation sites (N-methyl/N-ethyl adjacent to an activating group) is 1. The predicted molar refractivity (Wildman–Crippen MR) is 99.1 cm³/mol. The fraction of sp³-hybridized carbons (Fsp3) is 0.500. The molecule has 120 valence electrons. The molecule has 0 unspecified atom stereocenters. The van der Waals surface area contributed by atoms with Gasteiger partial charge in [0.05, 0.1) is 0 Å². The average Bonchev–Trinajstić information content (AvgIpc) is 2.54. The van der Waals surface area contributed by atoms with Crippen LogP contribution in [-0.4, -0.2) is 25.0 Å². The maximum absolute atomic E-state index is 2.45. The van der Waals surface area contributed by atoms with Crippen molar-refractivity contribution in [2.75, 3.05) is 14.1 Å². The van der Waals surface area contributed by atoms with Crippen LogP contribution in [-0.2, 0) is 5.41 Å². The van der Waals surface area contributed by atoms with Crippen molar-refractivity contribution in [3.8, 4) is 0 Å². The van der Waals surface area contributed by atoms with Gasteiger partial charge in [0.15, 0.2) is 0 Å². The van der Waals surface area contributed by atoms with Crippen LogP contribution in [0, 0.1) is 0 Å². The zero-order valence-electron chi connectivity index (χ0n) is 14.0. The van der Waals surface area contributed by atoms with Crippen LogP contribution < -0.4 is 0 Å². The Morgan fingerprint density at radius 1 is 0.909 bits per heavy atom. The van der Waals surface area contributed by atoms with Gasteiger partial charge in [-0.3, -0.25) is 0 Å². The molecule has 0 heterocycles. The van der Waals surface area contributed by atoms with Gasteiger partial charge < -0.3 is 4.90 Å². The van der Waals surface area contributed by atoms with E-state index in [9.17, 15) is 0 Å². The number of fused-ring (bicyclic) bond motifs is 1. The van der Waals surface area contributed by atoms with Crippen LogP contribution in [0.25, 0.3) is 10.8 Å². The monoisotopic (exact) mass is 317 g/mol. The predicted octanol–water partition coefficient (Wildman–Crippen LogP) is 5.41. The van der Waals surface area contributed by atoms with E-state index in [0.717, 1.165) is 0 Å². The van der Waals surface area contributed by atoms with Gasteiger partial charge in [-0.25, -0.2) is 0 Å². The van der Waals surface area contributed by atoms with E-state index in [0.29, 0.717) is 11.5 Å². The summed E-state index contributed by atoms with van der Waals surface area (Å²) in [6.07, 6.45) is 6.78. The van der Waals surface area contributed by atoms with Gasteiger partial charge in [0.25, 0.3) is 0 Å². The van der Waals surface area contributed by atoms with Gasteiger partial charge in [0.1, 0.15) is 0 Å². The Morgan fingerprint density at radius 3 is 2.18 bits per heavy atom. The lowest BCUT2D eigenvalue weighted by atomic mass is 9.64. The largest absolute Gasteiger partial charge is 0.306 e. The molecule has 3 rings (SSSR count). The van der Waals surface area contributed by atoms with E-state index in [1.54, 1.807) is 5.56 Å². The molecule has 2 heteroatoms. The Hall–Kier alpha value is -1.05. The van der Waals surface area contributed by atoms with Crippen molar-refractivity contribution in [1.29, 1.82) is 0 Å². The quantitative estimate of drug-likeness (QED) is 0.731. The highest BCUT2D eigenvalue weighted by molar-refractivity contribution is 5.85. The Bertz CT molecular complexity index is 614. The molecule has 22 heavy (non-hydrogen) atoms. The molecular weight excluding hydrogens is 290 g/mol. The van der Waals surface area contributed by atoms with Gasteiger partial charge >= 0.3 is 0 Å². The molecule has 1 atom stereocenters. The van der Waals surface area contributed by atoms with Crippen molar-refractivity contribution >= 4 is 23.2 Å². The summed E-state index contributed by atoms with van der Waals surface area (Å²) in [5, 5.41) is 2.73. The van der Waals surface area contributed by atoms with Crippen LogP contribution in [0.3, 0.4) is 0 Å². The third-order valence-electron chi connectivity index (χ3n) is 5.64. The first kappa shape index (κ1) is 17.3. The van der Waals surface area contributed by atoms with Crippen molar-refractivity contribution in [3.63, 3.8) is 0 Å². The molecule has 0 spiro atoms. The van der Waals surface area contributed by atoms with Crippen molar-refractivity contribution in [3.05, 3.63) is 48.0 Å². The first-order valence-corrected chi connectivity index (χ1v) is 8.29. The van der Waals surface area contributed by atoms with E-state index in [-0.39, 0.29) is 12.4 Å². The third kappa shape index (κ3) is 3.02. The summed E-state index contributed by atoms with van der Waals surface area (Å²) in [6.45, 7) is 2.40. The fourth-order valence-electron chi connectivity index (χ4n) is 4.12. The number of hydrogen-bond acceptors (Lipinski definition) is 1. The summed E-state index contributed by atoms with van der Waals surface area (Å²) >= 11 is 0. The van der Waals surface area contributed by atoms with E-state index in [1.807, 2.05) is 0 Å². The Labute approximate surface area is 141 Å². The first-order chi connectivity index (χ1) is 10.1. The lowest BCUT2D eigenvalue weighted by Gasteiger charge is -2.45. The lowest BCUT2D eigenvalue weighted by Crippen LogP contribution is -2.47. The zero-order chi connectivity index (χ0) is 14.9. The Kier molecular flexibility index (Phi) is 5.52. The molecule has 0 saturated heterocycles. The van der Waals surface area contributed by atoms with Crippen molar-refractivity contribution in [1.82, 2.24) is 4.90 Å². The number of halogens is 1. The Balaban J connectivity index is 0.00000176. The van der Waals surface area contributed by atoms with E-state index < -0.39 is 0 Å². The van der Waals surface area contributed by atoms with Crippen LogP contribution in [0.2, 0.25) is 0 Å². The Morgan fingerprint density at radius 2 is 1.55 bits per heavy atom. The van der Waals surface area contributed by atoms with Crippen molar-refractivity contribution < 1.29 is 0 Å². The molecule has 2 aromatic carbocycles.